The third-order valence-corrected chi connectivity index (χ3v) is 5.40. The Bertz CT molecular complexity index is 523. The van der Waals surface area contributed by atoms with E-state index >= 15 is 0 Å². The van der Waals surface area contributed by atoms with E-state index in [9.17, 15) is 13.2 Å². The summed E-state index contributed by atoms with van der Waals surface area (Å²) < 4.78 is 26.2. The van der Waals surface area contributed by atoms with Crippen molar-refractivity contribution in [3.63, 3.8) is 0 Å². The van der Waals surface area contributed by atoms with Crippen molar-refractivity contribution in [1.29, 1.82) is 0 Å². The number of carbonyl (C=O) groups is 1. The molecule has 2 rings (SSSR count). The molecule has 94 valence electrons. The first-order valence-corrected chi connectivity index (χ1v) is 7.85. The van der Waals surface area contributed by atoms with Gasteiger partial charge in [-0.2, -0.15) is 0 Å². The molecule has 0 spiro atoms. The Morgan fingerprint density at radius 1 is 1.59 bits per heavy atom. The summed E-state index contributed by atoms with van der Waals surface area (Å²) in [4.78, 5) is 12.2. The SMILES string of the molecule is Cc1nnsc1C(=O)NCC1CCS(=O)(=O)C1. The van der Waals surface area contributed by atoms with E-state index in [-0.39, 0.29) is 23.3 Å². The molecule has 1 amide bonds. The molecular weight excluding hydrogens is 262 g/mol. The largest absolute Gasteiger partial charge is 0.351 e. The van der Waals surface area contributed by atoms with E-state index < -0.39 is 9.84 Å². The number of nitrogens with one attached hydrogen (secondary N) is 1. The topological polar surface area (TPSA) is 89.0 Å². The minimum absolute atomic E-state index is 0.0325. The average Bonchev–Trinajstić information content (AvgIpc) is 2.81. The Morgan fingerprint density at radius 2 is 2.35 bits per heavy atom. The molecule has 0 bridgehead atoms. The van der Waals surface area contributed by atoms with Crippen LogP contribution in [0.3, 0.4) is 0 Å². The van der Waals surface area contributed by atoms with Crippen LogP contribution in [0, 0.1) is 12.8 Å². The highest BCUT2D eigenvalue weighted by Crippen LogP contribution is 2.17. The number of nitrogens with zero attached hydrogens (tertiary/aromatic N) is 2. The maximum Gasteiger partial charge on any atom is 0.264 e. The van der Waals surface area contributed by atoms with Crippen LogP contribution in [0.15, 0.2) is 0 Å². The zero-order chi connectivity index (χ0) is 12.5. The zero-order valence-electron chi connectivity index (χ0n) is 9.34. The molecule has 2 heterocycles. The second kappa shape index (κ2) is 4.69. The quantitative estimate of drug-likeness (QED) is 0.839. The van der Waals surface area contributed by atoms with Crippen molar-refractivity contribution >= 4 is 27.3 Å². The predicted octanol–water partition coefficient (Wildman–Crippen LogP) is 0.0110. The van der Waals surface area contributed by atoms with Gasteiger partial charge in [0.2, 0.25) is 0 Å². The highest BCUT2D eigenvalue weighted by atomic mass is 32.2. The average molecular weight is 275 g/mol. The van der Waals surface area contributed by atoms with E-state index in [0.29, 0.717) is 23.5 Å². The molecule has 6 nitrogen and oxygen atoms in total. The molecule has 1 saturated heterocycles. The smallest absolute Gasteiger partial charge is 0.264 e. The van der Waals surface area contributed by atoms with Crippen LogP contribution in [-0.4, -0.2) is 42.0 Å². The Kier molecular flexibility index (Phi) is 3.43. The summed E-state index contributed by atoms with van der Waals surface area (Å²) in [5.74, 6) is 0.217. The van der Waals surface area contributed by atoms with Crippen LogP contribution in [0.4, 0.5) is 0 Å². The van der Waals surface area contributed by atoms with Gasteiger partial charge in [-0.15, -0.1) is 5.10 Å². The van der Waals surface area contributed by atoms with Gasteiger partial charge in [-0.05, 0) is 30.8 Å². The van der Waals surface area contributed by atoms with Crippen LogP contribution in [0.2, 0.25) is 0 Å². The van der Waals surface area contributed by atoms with Gasteiger partial charge < -0.3 is 5.32 Å². The van der Waals surface area contributed by atoms with Gasteiger partial charge >= 0.3 is 0 Å². The molecule has 1 N–H and O–H groups in total. The van der Waals surface area contributed by atoms with Gasteiger partial charge in [0.05, 0.1) is 17.2 Å². The van der Waals surface area contributed by atoms with E-state index in [0.717, 1.165) is 11.5 Å². The van der Waals surface area contributed by atoms with Crippen molar-refractivity contribution in [2.24, 2.45) is 5.92 Å². The molecule has 1 atom stereocenters. The molecule has 1 aromatic heterocycles. The molecule has 1 aliphatic heterocycles. The molecule has 1 unspecified atom stereocenters. The summed E-state index contributed by atoms with van der Waals surface area (Å²) >= 11 is 1.05. The monoisotopic (exact) mass is 275 g/mol. The highest BCUT2D eigenvalue weighted by molar-refractivity contribution is 7.91. The van der Waals surface area contributed by atoms with E-state index in [1.807, 2.05) is 0 Å². The van der Waals surface area contributed by atoms with Crippen molar-refractivity contribution in [3.8, 4) is 0 Å². The van der Waals surface area contributed by atoms with Crippen molar-refractivity contribution in [1.82, 2.24) is 14.9 Å². The second-order valence-electron chi connectivity index (χ2n) is 4.17. The summed E-state index contributed by atoms with van der Waals surface area (Å²) in [6.45, 7) is 2.12. The number of carbonyl (C=O) groups excluding carboxylic acids is 1. The number of hydrogen-bond donors (Lipinski definition) is 1. The molecule has 0 saturated carbocycles. The molecule has 1 aromatic rings. The fourth-order valence-corrected chi connectivity index (χ4v) is 4.22. The molecule has 1 aliphatic rings. The Labute approximate surface area is 104 Å². The van der Waals surface area contributed by atoms with Crippen LogP contribution in [0.5, 0.6) is 0 Å². The fraction of sp³-hybridized carbons (Fsp3) is 0.667. The van der Waals surface area contributed by atoms with E-state index in [1.54, 1.807) is 6.92 Å². The van der Waals surface area contributed by atoms with Crippen LogP contribution in [0.1, 0.15) is 21.8 Å². The first-order valence-electron chi connectivity index (χ1n) is 5.25. The van der Waals surface area contributed by atoms with Crippen molar-refractivity contribution in [3.05, 3.63) is 10.6 Å². The lowest BCUT2D eigenvalue weighted by molar-refractivity contribution is 0.0951. The Hall–Kier alpha value is -1.02. The summed E-state index contributed by atoms with van der Waals surface area (Å²) in [6, 6.07) is 0. The second-order valence-corrected chi connectivity index (χ2v) is 7.15. The summed E-state index contributed by atoms with van der Waals surface area (Å²) in [6.07, 6.45) is 0.628. The van der Waals surface area contributed by atoms with Crippen molar-refractivity contribution in [2.45, 2.75) is 13.3 Å². The lowest BCUT2D eigenvalue weighted by Crippen LogP contribution is -2.29. The molecule has 0 aliphatic carbocycles. The highest BCUT2D eigenvalue weighted by Gasteiger charge is 2.28. The zero-order valence-corrected chi connectivity index (χ0v) is 11.0. The molecule has 8 heteroatoms. The minimum Gasteiger partial charge on any atom is -0.351 e. The number of aryl methyl sites for hydroxylation is 1. The lowest BCUT2D eigenvalue weighted by Gasteiger charge is -2.08. The van der Waals surface area contributed by atoms with E-state index in [4.69, 9.17) is 0 Å². The molecule has 17 heavy (non-hydrogen) atoms. The standard InChI is InChI=1S/C9H13N3O3S2/c1-6-8(16-12-11-6)9(13)10-4-7-2-3-17(14,15)5-7/h7H,2-5H2,1H3,(H,10,13). The van der Waals surface area contributed by atoms with Gasteiger partial charge in [0.25, 0.3) is 5.91 Å². The maximum atomic E-state index is 11.7. The van der Waals surface area contributed by atoms with Crippen LogP contribution in [-0.2, 0) is 9.84 Å². The maximum absolute atomic E-state index is 11.7. The summed E-state index contributed by atoms with van der Waals surface area (Å²) in [5.41, 5.74) is 0.603. The number of sulfone groups is 1. The number of amides is 1. The van der Waals surface area contributed by atoms with Gasteiger partial charge in [-0.25, -0.2) is 8.42 Å². The van der Waals surface area contributed by atoms with Crippen LogP contribution in [0.25, 0.3) is 0 Å². The molecular formula is C9H13N3O3S2. The van der Waals surface area contributed by atoms with Crippen LogP contribution < -0.4 is 5.32 Å². The van der Waals surface area contributed by atoms with Gasteiger partial charge in [-0.1, -0.05) is 4.49 Å². The normalized spacial score (nSPS) is 22.5. The number of hydrogen-bond acceptors (Lipinski definition) is 6. The number of aromatic nitrogens is 2. The van der Waals surface area contributed by atoms with Gasteiger partial charge in [0, 0.05) is 6.54 Å². The molecule has 1 fully saturated rings. The van der Waals surface area contributed by atoms with Gasteiger partial charge in [-0.3, -0.25) is 4.79 Å². The van der Waals surface area contributed by atoms with E-state index in [2.05, 4.69) is 14.9 Å². The first-order chi connectivity index (χ1) is 7.98. The number of rotatable bonds is 3. The molecule has 0 aromatic carbocycles. The van der Waals surface area contributed by atoms with Crippen LogP contribution >= 0.6 is 11.5 Å². The fourth-order valence-electron chi connectivity index (χ4n) is 1.79. The minimum atomic E-state index is -2.88. The van der Waals surface area contributed by atoms with Crippen molar-refractivity contribution in [2.75, 3.05) is 18.1 Å². The predicted molar refractivity (Wildman–Crippen MR) is 63.7 cm³/mol. The summed E-state index contributed by atoms with van der Waals surface area (Å²) in [7, 11) is -2.88. The summed E-state index contributed by atoms with van der Waals surface area (Å²) in [5, 5.41) is 6.48. The van der Waals surface area contributed by atoms with Crippen molar-refractivity contribution < 1.29 is 13.2 Å². The third-order valence-electron chi connectivity index (χ3n) is 2.74. The van der Waals surface area contributed by atoms with E-state index in [1.165, 1.54) is 0 Å². The third kappa shape index (κ3) is 3.01. The Balaban J connectivity index is 1.88. The Morgan fingerprint density at radius 3 is 2.88 bits per heavy atom. The lowest BCUT2D eigenvalue weighted by atomic mass is 10.1. The molecule has 0 radical (unpaired) electrons. The van der Waals surface area contributed by atoms with Gasteiger partial charge in [0.15, 0.2) is 9.84 Å². The van der Waals surface area contributed by atoms with Gasteiger partial charge in [0.1, 0.15) is 4.88 Å². The first kappa shape index (κ1) is 12.4.